The predicted molar refractivity (Wildman–Crippen MR) is 64.6 cm³/mol. The molecule has 0 saturated heterocycles. The van der Waals surface area contributed by atoms with Crippen molar-refractivity contribution in [3.63, 3.8) is 0 Å². The molecule has 0 spiro atoms. The molecular weight excluding hydrogens is 273 g/mol. The van der Waals surface area contributed by atoms with Crippen LogP contribution >= 0.6 is 0 Å². The molecule has 0 N–H and O–H groups in total. The predicted octanol–water partition coefficient (Wildman–Crippen LogP) is 3.19. The standard InChI is InChI=1S/C13H9F3N2O2/c14-10-3-8(6-17-7-10)1-2-9-4-11(15)12(16)5-13(9)18(19)20/h3-7H,1-2H2. The molecule has 2 rings (SSSR count). The topological polar surface area (TPSA) is 56.0 Å². The van der Waals surface area contributed by atoms with Crippen molar-refractivity contribution in [3.8, 4) is 0 Å². The van der Waals surface area contributed by atoms with E-state index in [-0.39, 0.29) is 18.4 Å². The number of hydrogen-bond donors (Lipinski definition) is 0. The number of nitrogens with zero attached hydrogens (tertiary/aromatic N) is 2. The lowest BCUT2D eigenvalue weighted by atomic mass is 10.0. The van der Waals surface area contributed by atoms with Crippen LogP contribution in [0.5, 0.6) is 0 Å². The number of benzene rings is 1. The maximum Gasteiger partial charge on any atom is 0.275 e. The van der Waals surface area contributed by atoms with Crippen molar-refractivity contribution in [1.29, 1.82) is 0 Å². The summed E-state index contributed by atoms with van der Waals surface area (Å²) in [6.45, 7) is 0. The molecule has 0 bridgehead atoms. The first-order valence-corrected chi connectivity index (χ1v) is 5.69. The summed E-state index contributed by atoms with van der Waals surface area (Å²) in [6, 6.07) is 2.58. The van der Waals surface area contributed by atoms with Crippen molar-refractivity contribution in [3.05, 3.63) is 69.3 Å². The summed E-state index contributed by atoms with van der Waals surface area (Å²) in [7, 11) is 0. The average molecular weight is 282 g/mol. The van der Waals surface area contributed by atoms with Gasteiger partial charge < -0.3 is 0 Å². The fraction of sp³-hybridized carbons (Fsp3) is 0.154. The first-order valence-electron chi connectivity index (χ1n) is 5.69. The minimum Gasteiger partial charge on any atom is -0.261 e. The van der Waals surface area contributed by atoms with Gasteiger partial charge in [0.25, 0.3) is 5.69 Å². The molecule has 0 aliphatic rings. The quantitative estimate of drug-likeness (QED) is 0.639. The highest BCUT2D eigenvalue weighted by Gasteiger charge is 2.18. The van der Waals surface area contributed by atoms with Crippen molar-refractivity contribution >= 4 is 5.69 Å². The van der Waals surface area contributed by atoms with Crippen LogP contribution in [0.15, 0.2) is 30.6 Å². The Morgan fingerprint density at radius 1 is 1.05 bits per heavy atom. The molecule has 1 heterocycles. The van der Waals surface area contributed by atoms with Gasteiger partial charge in [-0.3, -0.25) is 15.1 Å². The highest BCUT2D eigenvalue weighted by atomic mass is 19.2. The number of aromatic nitrogens is 1. The van der Waals surface area contributed by atoms with Crippen molar-refractivity contribution in [2.24, 2.45) is 0 Å². The number of aryl methyl sites for hydroxylation is 2. The Kier molecular flexibility index (Phi) is 3.97. The Labute approximate surface area is 112 Å². The highest BCUT2D eigenvalue weighted by Crippen LogP contribution is 2.23. The van der Waals surface area contributed by atoms with Crippen LogP contribution in [0.3, 0.4) is 0 Å². The van der Waals surface area contributed by atoms with Gasteiger partial charge in [-0.05, 0) is 30.5 Å². The van der Waals surface area contributed by atoms with Crippen LogP contribution in [0.2, 0.25) is 0 Å². The van der Waals surface area contributed by atoms with E-state index in [0.717, 1.165) is 12.3 Å². The Balaban J connectivity index is 2.24. The molecule has 2 aromatic rings. The van der Waals surface area contributed by atoms with Gasteiger partial charge >= 0.3 is 0 Å². The van der Waals surface area contributed by atoms with Crippen LogP contribution in [0.4, 0.5) is 18.9 Å². The van der Waals surface area contributed by atoms with Crippen LogP contribution < -0.4 is 0 Å². The van der Waals surface area contributed by atoms with E-state index in [1.165, 1.54) is 12.3 Å². The first kappa shape index (κ1) is 14.0. The van der Waals surface area contributed by atoms with E-state index in [2.05, 4.69) is 4.98 Å². The van der Waals surface area contributed by atoms with Crippen LogP contribution in [-0.2, 0) is 12.8 Å². The molecule has 0 aliphatic carbocycles. The van der Waals surface area contributed by atoms with Crippen molar-refractivity contribution in [2.75, 3.05) is 0 Å². The lowest BCUT2D eigenvalue weighted by Crippen LogP contribution is -2.01. The molecule has 0 fully saturated rings. The fourth-order valence-corrected chi connectivity index (χ4v) is 1.82. The van der Waals surface area contributed by atoms with E-state index in [0.29, 0.717) is 11.6 Å². The number of pyridine rings is 1. The monoisotopic (exact) mass is 282 g/mol. The van der Waals surface area contributed by atoms with E-state index >= 15 is 0 Å². The van der Waals surface area contributed by atoms with Gasteiger partial charge in [0.1, 0.15) is 5.82 Å². The maximum absolute atomic E-state index is 13.1. The summed E-state index contributed by atoms with van der Waals surface area (Å²) in [5, 5.41) is 10.8. The third-order valence-electron chi connectivity index (χ3n) is 2.76. The molecule has 0 radical (unpaired) electrons. The number of nitro benzene ring substituents is 1. The summed E-state index contributed by atoms with van der Waals surface area (Å²) in [6.07, 6.45) is 2.76. The summed E-state index contributed by atoms with van der Waals surface area (Å²) >= 11 is 0. The van der Waals surface area contributed by atoms with Crippen LogP contribution in [0, 0.1) is 27.6 Å². The van der Waals surface area contributed by atoms with E-state index in [1.54, 1.807) is 0 Å². The van der Waals surface area contributed by atoms with Crippen molar-refractivity contribution in [2.45, 2.75) is 12.8 Å². The number of nitro groups is 1. The minimum absolute atomic E-state index is 0.0539. The van der Waals surface area contributed by atoms with Crippen molar-refractivity contribution < 1.29 is 18.1 Å². The summed E-state index contributed by atoms with van der Waals surface area (Å²) < 4.78 is 39.1. The van der Waals surface area contributed by atoms with Gasteiger partial charge in [0.15, 0.2) is 11.6 Å². The number of hydrogen-bond acceptors (Lipinski definition) is 3. The highest BCUT2D eigenvalue weighted by molar-refractivity contribution is 5.41. The van der Waals surface area contributed by atoms with Gasteiger partial charge in [-0.1, -0.05) is 0 Å². The van der Waals surface area contributed by atoms with E-state index in [9.17, 15) is 23.3 Å². The van der Waals surface area contributed by atoms with Crippen LogP contribution in [-0.4, -0.2) is 9.91 Å². The Morgan fingerprint density at radius 3 is 2.40 bits per heavy atom. The molecule has 7 heteroatoms. The summed E-state index contributed by atoms with van der Waals surface area (Å²) in [5.41, 5.74) is 0.0791. The van der Waals surface area contributed by atoms with Gasteiger partial charge in [-0.25, -0.2) is 13.2 Å². The molecule has 0 unspecified atom stereocenters. The van der Waals surface area contributed by atoms with Crippen molar-refractivity contribution in [1.82, 2.24) is 4.98 Å². The Bertz CT molecular complexity index is 662. The number of rotatable bonds is 4. The van der Waals surface area contributed by atoms with Gasteiger partial charge in [0.2, 0.25) is 0 Å². The lowest BCUT2D eigenvalue weighted by molar-refractivity contribution is -0.385. The second-order valence-corrected chi connectivity index (χ2v) is 4.16. The molecule has 1 aromatic heterocycles. The maximum atomic E-state index is 13.1. The van der Waals surface area contributed by atoms with E-state index in [1.807, 2.05) is 0 Å². The zero-order valence-electron chi connectivity index (χ0n) is 10.1. The zero-order chi connectivity index (χ0) is 14.7. The minimum atomic E-state index is -1.27. The molecule has 20 heavy (non-hydrogen) atoms. The third-order valence-corrected chi connectivity index (χ3v) is 2.76. The Hall–Kier alpha value is -2.44. The lowest BCUT2D eigenvalue weighted by Gasteiger charge is -2.04. The molecule has 0 saturated carbocycles. The van der Waals surface area contributed by atoms with E-state index in [4.69, 9.17) is 0 Å². The smallest absolute Gasteiger partial charge is 0.261 e. The first-order chi connectivity index (χ1) is 9.47. The molecule has 0 amide bonds. The third kappa shape index (κ3) is 3.11. The largest absolute Gasteiger partial charge is 0.275 e. The van der Waals surface area contributed by atoms with Crippen LogP contribution in [0.25, 0.3) is 0 Å². The molecular formula is C13H9F3N2O2. The zero-order valence-corrected chi connectivity index (χ0v) is 10.1. The second kappa shape index (κ2) is 5.68. The molecule has 4 nitrogen and oxygen atoms in total. The Morgan fingerprint density at radius 2 is 1.75 bits per heavy atom. The number of halogens is 3. The molecule has 0 atom stereocenters. The average Bonchev–Trinajstić information content (AvgIpc) is 2.39. The summed E-state index contributed by atoms with van der Waals surface area (Å²) in [5.74, 6) is -2.95. The van der Waals surface area contributed by atoms with E-state index < -0.39 is 28.1 Å². The fourth-order valence-electron chi connectivity index (χ4n) is 1.82. The van der Waals surface area contributed by atoms with Gasteiger partial charge in [0.05, 0.1) is 17.2 Å². The molecule has 0 aliphatic heterocycles. The van der Waals surface area contributed by atoms with Gasteiger partial charge in [0, 0.05) is 11.8 Å². The molecule has 1 aromatic carbocycles. The second-order valence-electron chi connectivity index (χ2n) is 4.16. The SMILES string of the molecule is O=[N+]([O-])c1cc(F)c(F)cc1CCc1cncc(F)c1. The molecule has 104 valence electrons. The normalized spacial score (nSPS) is 10.6. The van der Waals surface area contributed by atoms with Crippen LogP contribution in [0.1, 0.15) is 11.1 Å². The van der Waals surface area contributed by atoms with Gasteiger partial charge in [-0.15, -0.1) is 0 Å². The van der Waals surface area contributed by atoms with Gasteiger partial charge in [-0.2, -0.15) is 0 Å². The summed E-state index contributed by atoms with van der Waals surface area (Å²) in [4.78, 5) is 13.7.